The van der Waals surface area contributed by atoms with E-state index in [-0.39, 0.29) is 11.9 Å². The Labute approximate surface area is 110 Å². The number of hydrogen-bond acceptors (Lipinski definition) is 4. The molecule has 0 saturated carbocycles. The van der Waals surface area contributed by atoms with Crippen LogP contribution in [0.1, 0.15) is 23.4 Å². The van der Waals surface area contributed by atoms with Crippen LogP contribution in [-0.2, 0) is 6.54 Å². The van der Waals surface area contributed by atoms with Gasteiger partial charge in [0.1, 0.15) is 5.82 Å². The van der Waals surface area contributed by atoms with Gasteiger partial charge >= 0.3 is 0 Å². The minimum atomic E-state index is -0.166. The average molecular weight is 265 g/mol. The summed E-state index contributed by atoms with van der Waals surface area (Å²) in [6, 6.07) is 6.87. The van der Waals surface area contributed by atoms with Gasteiger partial charge in [0.05, 0.1) is 0 Å². The van der Waals surface area contributed by atoms with Gasteiger partial charge in [0.2, 0.25) is 0 Å². The molecule has 1 aromatic heterocycles. The summed E-state index contributed by atoms with van der Waals surface area (Å²) in [6.07, 6.45) is 1.77. The highest BCUT2D eigenvalue weighted by molar-refractivity contribution is 7.15. The number of halogens is 1. The summed E-state index contributed by atoms with van der Waals surface area (Å²) < 4.78 is 13.7. The number of benzene rings is 1. The van der Waals surface area contributed by atoms with Crippen molar-refractivity contribution in [1.82, 2.24) is 9.88 Å². The third-order valence-electron chi connectivity index (χ3n) is 2.99. The fourth-order valence-electron chi connectivity index (χ4n) is 1.83. The van der Waals surface area contributed by atoms with Crippen molar-refractivity contribution >= 4 is 16.5 Å². The van der Waals surface area contributed by atoms with Crippen molar-refractivity contribution in [3.63, 3.8) is 0 Å². The molecule has 1 unspecified atom stereocenters. The third kappa shape index (κ3) is 2.86. The smallest absolute Gasteiger partial charge is 0.180 e. The topological polar surface area (TPSA) is 42.2 Å². The van der Waals surface area contributed by atoms with Gasteiger partial charge in [-0.25, -0.2) is 9.37 Å². The molecule has 3 nitrogen and oxygen atoms in total. The lowest BCUT2D eigenvalue weighted by molar-refractivity contribution is 0.250. The van der Waals surface area contributed by atoms with E-state index in [0.29, 0.717) is 17.2 Å². The first-order valence-corrected chi connectivity index (χ1v) is 6.54. The highest BCUT2D eigenvalue weighted by Gasteiger charge is 2.16. The molecular weight excluding hydrogens is 249 g/mol. The molecule has 2 rings (SSSR count). The molecule has 96 valence electrons. The number of nitrogen functional groups attached to an aromatic ring is 1. The Morgan fingerprint density at radius 3 is 2.78 bits per heavy atom. The first-order valence-electron chi connectivity index (χ1n) is 5.72. The van der Waals surface area contributed by atoms with Gasteiger partial charge in [-0.05, 0) is 20.0 Å². The van der Waals surface area contributed by atoms with Crippen LogP contribution < -0.4 is 5.73 Å². The van der Waals surface area contributed by atoms with E-state index in [2.05, 4.69) is 9.88 Å². The van der Waals surface area contributed by atoms with Gasteiger partial charge in [-0.3, -0.25) is 4.90 Å². The Kier molecular flexibility index (Phi) is 3.93. The van der Waals surface area contributed by atoms with Crippen LogP contribution in [0, 0.1) is 5.82 Å². The lowest BCUT2D eigenvalue weighted by Crippen LogP contribution is -2.22. The minimum absolute atomic E-state index is 0.00882. The number of aromatic nitrogens is 1. The Morgan fingerprint density at radius 2 is 2.17 bits per heavy atom. The Bertz CT molecular complexity index is 526. The maximum absolute atomic E-state index is 13.7. The zero-order valence-corrected chi connectivity index (χ0v) is 11.2. The first kappa shape index (κ1) is 13.0. The lowest BCUT2D eigenvalue weighted by Gasteiger charge is -2.24. The summed E-state index contributed by atoms with van der Waals surface area (Å²) in [7, 11) is 1.97. The zero-order valence-electron chi connectivity index (χ0n) is 10.4. The third-order valence-corrected chi connectivity index (χ3v) is 3.80. The fourth-order valence-corrected chi connectivity index (χ4v) is 2.58. The second-order valence-electron chi connectivity index (χ2n) is 4.28. The normalized spacial score (nSPS) is 12.9. The number of hydrogen-bond donors (Lipinski definition) is 1. The maximum Gasteiger partial charge on any atom is 0.180 e. The highest BCUT2D eigenvalue weighted by Crippen LogP contribution is 2.24. The molecule has 0 spiro atoms. The lowest BCUT2D eigenvalue weighted by atomic mass is 10.1. The molecule has 0 aliphatic rings. The van der Waals surface area contributed by atoms with E-state index in [1.165, 1.54) is 17.4 Å². The summed E-state index contributed by atoms with van der Waals surface area (Å²) >= 11 is 1.46. The number of nitrogens with zero attached hydrogens (tertiary/aromatic N) is 2. The summed E-state index contributed by atoms with van der Waals surface area (Å²) in [6.45, 7) is 2.70. The summed E-state index contributed by atoms with van der Waals surface area (Å²) in [4.78, 5) is 7.17. The van der Waals surface area contributed by atoms with E-state index >= 15 is 0 Å². The Balaban J connectivity index is 2.09. The molecule has 1 heterocycles. The Hall–Kier alpha value is -1.46. The van der Waals surface area contributed by atoms with Crippen LogP contribution in [0.3, 0.4) is 0 Å². The number of anilines is 1. The van der Waals surface area contributed by atoms with Crippen LogP contribution in [0.25, 0.3) is 0 Å². The number of nitrogens with two attached hydrogens (primary N) is 1. The highest BCUT2D eigenvalue weighted by atomic mass is 32.1. The van der Waals surface area contributed by atoms with Crippen molar-refractivity contribution in [3.8, 4) is 0 Å². The van der Waals surface area contributed by atoms with Crippen molar-refractivity contribution in [1.29, 1.82) is 0 Å². The van der Waals surface area contributed by atoms with Crippen molar-refractivity contribution in [2.45, 2.75) is 19.5 Å². The van der Waals surface area contributed by atoms with Crippen molar-refractivity contribution in [3.05, 3.63) is 46.7 Å². The molecule has 0 radical (unpaired) electrons. The van der Waals surface area contributed by atoms with E-state index in [1.54, 1.807) is 12.3 Å². The molecule has 0 bridgehead atoms. The second kappa shape index (κ2) is 5.46. The van der Waals surface area contributed by atoms with Crippen LogP contribution in [0.15, 0.2) is 30.5 Å². The van der Waals surface area contributed by atoms with Crippen molar-refractivity contribution in [2.75, 3.05) is 12.8 Å². The van der Waals surface area contributed by atoms with E-state index < -0.39 is 0 Å². The molecular formula is C13H16FN3S. The van der Waals surface area contributed by atoms with Gasteiger partial charge in [-0.1, -0.05) is 18.2 Å². The quantitative estimate of drug-likeness (QED) is 0.923. The fraction of sp³-hybridized carbons (Fsp3) is 0.308. The number of thiazole rings is 1. The molecule has 2 N–H and O–H groups in total. The predicted molar refractivity (Wildman–Crippen MR) is 72.8 cm³/mol. The van der Waals surface area contributed by atoms with Gasteiger partial charge in [0.15, 0.2) is 5.13 Å². The first-order chi connectivity index (χ1) is 8.58. The van der Waals surface area contributed by atoms with Gasteiger partial charge in [0, 0.05) is 29.2 Å². The van der Waals surface area contributed by atoms with Crippen molar-refractivity contribution < 1.29 is 4.39 Å². The van der Waals surface area contributed by atoms with Gasteiger partial charge in [-0.2, -0.15) is 0 Å². The molecule has 0 aliphatic carbocycles. The molecule has 2 aromatic rings. The second-order valence-corrected chi connectivity index (χ2v) is 5.42. The van der Waals surface area contributed by atoms with E-state index in [0.717, 1.165) is 4.88 Å². The summed E-state index contributed by atoms with van der Waals surface area (Å²) in [5.41, 5.74) is 6.30. The largest absolute Gasteiger partial charge is 0.375 e. The van der Waals surface area contributed by atoms with E-state index in [1.807, 2.05) is 26.1 Å². The van der Waals surface area contributed by atoms with E-state index in [4.69, 9.17) is 5.73 Å². The standard InChI is InChI=1S/C13H16FN3S/c1-9(11-5-3-4-6-12(11)14)17(2)8-10-7-16-13(15)18-10/h3-7,9H,8H2,1-2H3,(H2,15,16). The molecule has 0 amide bonds. The Morgan fingerprint density at radius 1 is 1.44 bits per heavy atom. The summed E-state index contributed by atoms with van der Waals surface area (Å²) in [5.74, 6) is -0.166. The molecule has 1 atom stereocenters. The molecule has 0 fully saturated rings. The minimum Gasteiger partial charge on any atom is -0.375 e. The van der Waals surface area contributed by atoms with Gasteiger partial charge < -0.3 is 5.73 Å². The predicted octanol–water partition coefficient (Wildman–Crippen LogP) is 3.06. The SMILES string of the molecule is CC(c1ccccc1F)N(C)Cc1cnc(N)s1. The molecule has 0 saturated heterocycles. The van der Waals surface area contributed by atoms with Crippen LogP contribution in [0.4, 0.5) is 9.52 Å². The van der Waals surface area contributed by atoms with Gasteiger partial charge in [0.25, 0.3) is 0 Å². The zero-order chi connectivity index (χ0) is 13.1. The molecule has 1 aromatic carbocycles. The molecule has 5 heteroatoms. The van der Waals surface area contributed by atoms with Crippen LogP contribution >= 0.6 is 11.3 Å². The summed E-state index contributed by atoms with van der Waals surface area (Å²) in [5, 5.41) is 0.567. The monoisotopic (exact) mass is 265 g/mol. The maximum atomic E-state index is 13.7. The molecule has 0 aliphatic heterocycles. The molecule has 18 heavy (non-hydrogen) atoms. The van der Waals surface area contributed by atoms with Gasteiger partial charge in [-0.15, -0.1) is 11.3 Å². The van der Waals surface area contributed by atoms with Crippen LogP contribution in [0.5, 0.6) is 0 Å². The van der Waals surface area contributed by atoms with E-state index in [9.17, 15) is 4.39 Å². The van der Waals surface area contributed by atoms with Crippen molar-refractivity contribution in [2.24, 2.45) is 0 Å². The average Bonchev–Trinajstić information content (AvgIpc) is 2.74. The number of rotatable bonds is 4. The van der Waals surface area contributed by atoms with Crippen LogP contribution in [0.2, 0.25) is 0 Å². The van der Waals surface area contributed by atoms with Crippen LogP contribution in [-0.4, -0.2) is 16.9 Å².